The second-order valence-electron chi connectivity index (χ2n) is 5.87. The van der Waals surface area contributed by atoms with E-state index in [0.29, 0.717) is 24.5 Å². The van der Waals surface area contributed by atoms with E-state index < -0.39 is 0 Å². The molecule has 0 unspecified atom stereocenters. The Hall–Kier alpha value is -3.28. The minimum absolute atomic E-state index is 0.124. The Balaban J connectivity index is 1.51. The van der Waals surface area contributed by atoms with Crippen LogP contribution in [0.1, 0.15) is 32.2 Å². The summed E-state index contributed by atoms with van der Waals surface area (Å²) in [5.41, 5.74) is 2.87. The monoisotopic (exact) mass is 336 g/mol. The highest BCUT2D eigenvalue weighted by Gasteiger charge is 2.23. The average molecular weight is 336 g/mol. The first kappa shape index (κ1) is 15.3. The highest BCUT2D eigenvalue weighted by Crippen LogP contribution is 2.24. The van der Waals surface area contributed by atoms with E-state index in [0.717, 1.165) is 12.0 Å². The molecule has 0 bridgehead atoms. The van der Waals surface area contributed by atoms with Gasteiger partial charge in [0.15, 0.2) is 11.5 Å². The topological polar surface area (TPSA) is 75.7 Å². The van der Waals surface area contributed by atoms with Crippen molar-refractivity contribution in [1.29, 1.82) is 0 Å². The molecule has 3 aromatic rings. The van der Waals surface area contributed by atoms with Gasteiger partial charge in [0.2, 0.25) is 0 Å². The number of benzene rings is 1. The van der Waals surface area contributed by atoms with Crippen LogP contribution in [0.25, 0.3) is 0 Å². The van der Waals surface area contributed by atoms with Gasteiger partial charge in [-0.25, -0.2) is 0 Å². The maximum Gasteiger partial charge on any atom is 0.291 e. The standard InChI is InChI=1S/C19H16N2O4/c22-18(16-3-1-9-24-16)20-15-6-5-13-7-8-21(12-14(13)11-15)19(23)17-4-2-10-25-17/h1-6,9-11H,7-8,12H2,(H,20,22). The van der Waals surface area contributed by atoms with Crippen LogP contribution in [-0.2, 0) is 13.0 Å². The molecular weight excluding hydrogens is 320 g/mol. The molecule has 0 spiro atoms. The highest BCUT2D eigenvalue weighted by atomic mass is 16.3. The first-order valence-electron chi connectivity index (χ1n) is 8.00. The molecule has 0 saturated heterocycles. The van der Waals surface area contributed by atoms with E-state index in [1.807, 2.05) is 18.2 Å². The molecule has 0 saturated carbocycles. The molecule has 0 radical (unpaired) electrons. The van der Waals surface area contributed by atoms with Crippen molar-refractivity contribution in [2.45, 2.75) is 13.0 Å². The first-order chi connectivity index (χ1) is 12.2. The predicted molar refractivity (Wildman–Crippen MR) is 90.3 cm³/mol. The molecule has 0 atom stereocenters. The molecule has 0 fully saturated rings. The van der Waals surface area contributed by atoms with Gasteiger partial charge in [0.05, 0.1) is 12.5 Å². The van der Waals surface area contributed by atoms with Crippen molar-refractivity contribution < 1.29 is 18.4 Å². The van der Waals surface area contributed by atoms with Crippen molar-refractivity contribution in [3.8, 4) is 0 Å². The first-order valence-corrected chi connectivity index (χ1v) is 8.00. The van der Waals surface area contributed by atoms with E-state index >= 15 is 0 Å². The lowest BCUT2D eigenvalue weighted by atomic mass is 9.99. The van der Waals surface area contributed by atoms with Gasteiger partial charge in [-0.1, -0.05) is 6.07 Å². The summed E-state index contributed by atoms with van der Waals surface area (Å²) in [6.07, 6.45) is 3.72. The number of nitrogens with one attached hydrogen (secondary N) is 1. The van der Waals surface area contributed by atoms with E-state index in [9.17, 15) is 9.59 Å². The molecule has 6 heteroatoms. The lowest BCUT2D eigenvalue weighted by Crippen LogP contribution is -2.35. The molecule has 126 valence electrons. The molecule has 4 rings (SSSR count). The molecule has 25 heavy (non-hydrogen) atoms. The molecular formula is C19H16N2O4. The number of furan rings is 2. The number of hydrogen-bond donors (Lipinski definition) is 1. The summed E-state index contributed by atoms with van der Waals surface area (Å²) in [5.74, 6) is 0.169. The van der Waals surface area contributed by atoms with E-state index in [4.69, 9.17) is 8.83 Å². The number of carbonyl (C=O) groups excluding carboxylic acids is 2. The third kappa shape index (κ3) is 3.06. The van der Waals surface area contributed by atoms with Gasteiger partial charge in [-0.2, -0.15) is 0 Å². The van der Waals surface area contributed by atoms with Crippen LogP contribution < -0.4 is 5.32 Å². The Labute approximate surface area is 144 Å². The van der Waals surface area contributed by atoms with Gasteiger partial charge >= 0.3 is 0 Å². The van der Waals surface area contributed by atoms with Gasteiger partial charge in [0.1, 0.15) is 0 Å². The summed E-state index contributed by atoms with van der Waals surface area (Å²) < 4.78 is 10.3. The minimum Gasteiger partial charge on any atom is -0.459 e. The number of rotatable bonds is 3. The lowest BCUT2D eigenvalue weighted by molar-refractivity contribution is 0.0702. The molecule has 1 aromatic carbocycles. The van der Waals surface area contributed by atoms with Crippen molar-refractivity contribution in [3.05, 3.63) is 77.6 Å². The van der Waals surface area contributed by atoms with Crippen molar-refractivity contribution in [3.63, 3.8) is 0 Å². The summed E-state index contributed by atoms with van der Waals surface area (Å²) in [5, 5.41) is 2.81. The Bertz CT molecular complexity index is 898. The maximum atomic E-state index is 12.4. The lowest BCUT2D eigenvalue weighted by Gasteiger charge is -2.28. The Kier molecular flexibility index (Phi) is 3.85. The number of anilines is 1. The van der Waals surface area contributed by atoms with E-state index in [-0.39, 0.29) is 17.6 Å². The number of amides is 2. The van der Waals surface area contributed by atoms with Gasteiger partial charge in [0, 0.05) is 18.8 Å². The van der Waals surface area contributed by atoms with Crippen LogP contribution >= 0.6 is 0 Å². The van der Waals surface area contributed by atoms with Gasteiger partial charge in [-0.05, 0) is 53.9 Å². The van der Waals surface area contributed by atoms with Crippen LogP contribution in [0.2, 0.25) is 0 Å². The van der Waals surface area contributed by atoms with Crippen LogP contribution in [0.3, 0.4) is 0 Å². The molecule has 1 N–H and O–H groups in total. The second kappa shape index (κ2) is 6.32. The normalized spacial score (nSPS) is 13.4. The Morgan fingerprint density at radius 3 is 2.44 bits per heavy atom. The molecule has 2 amide bonds. The average Bonchev–Trinajstić information content (AvgIpc) is 3.34. The summed E-state index contributed by atoms with van der Waals surface area (Å²) in [7, 11) is 0. The van der Waals surface area contributed by atoms with Crippen LogP contribution in [0.4, 0.5) is 5.69 Å². The smallest absolute Gasteiger partial charge is 0.291 e. The van der Waals surface area contributed by atoms with Gasteiger partial charge in [0.25, 0.3) is 11.8 Å². The minimum atomic E-state index is -0.302. The zero-order valence-corrected chi connectivity index (χ0v) is 13.4. The van der Waals surface area contributed by atoms with Crippen LogP contribution in [0.5, 0.6) is 0 Å². The number of nitrogens with zero attached hydrogens (tertiary/aromatic N) is 1. The third-order valence-corrected chi connectivity index (χ3v) is 4.24. The summed E-state index contributed by atoms with van der Waals surface area (Å²) in [4.78, 5) is 26.3. The number of fused-ring (bicyclic) bond motifs is 1. The van der Waals surface area contributed by atoms with E-state index in [1.165, 1.54) is 18.1 Å². The highest BCUT2D eigenvalue weighted by molar-refractivity contribution is 6.02. The molecule has 3 heterocycles. The Morgan fingerprint density at radius 2 is 1.72 bits per heavy atom. The fraction of sp³-hybridized carbons (Fsp3) is 0.158. The number of hydrogen-bond acceptors (Lipinski definition) is 4. The van der Waals surface area contributed by atoms with Gasteiger partial charge in [-0.3, -0.25) is 9.59 Å². The SMILES string of the molecule is O=C(Nc1ccc2c(c1)CN(C(=O)c1ccco1)CC2)c1ccco1. The molecule has 0 aliphatic carbocycles. The van der Waals surface area contributed by atoms with Crippen molar-refractivity contribution in [1.82, 2.24) is 4.90 Å². The van der Waals surface area contributed by atoms with Crippen molar-refractivity contribution >= 4 is 17.5 Å². The largest absolute Gasteiger partial charge is 0.459 e. The van der Waals surface area contributed by atoms with Gasteiger partial charge in [-0.15, -0.1) is 0 Å². The van der Waals surface area contributed by atoms with Crippen LogP contribution in [0.15, 0.2) is 63.8 Å². The van der Waals surface area contributed by atoms with E-state index in [2.05, 4.69) is 5.32 Å². The van der Waals surface area contributed by atoms with Gasteiger partial charge < -0.3 is 19.1 Å². The van der Waals surface area contributed by atoms with E-state index in [1.54, 1.807) is 29.2 Å². The second-order valence-corrected chi connectivity index (χ2v) is 5.87. The fourth-order valence-corrected chi connectivity index (χ4v) is 2.96. The zero-order chi connectivity index (χ0) is 17.2. The van der Waals surface area contributed by atoms with Crippen molar-refractivity contribution in [2.75, 3.05) is 11.9 Å². The van der Waals surface area contributed by atoms with Crippen LogP contribution in [-0.4, -0.2) is 23.3 Å². The third-order valence-electron chi connectivity index (χ3n) is 4.24. The predicted octanol–water partition coefficient (Wildman–Crippen LogP) is 3.32. The molecule has 1 aliphatic rings. The molecule has 2 aromatic heterocycles. The summed E-state index contributed by atoms with van der Waals surface area (Å²) in [6.45, 7) is 1.13. The number of carbonyl (C=O) groups is 2. The molecule has 1 aliphatic heterocycles. The quantitative estimate of drug-likeness (QED) is 0.796. The summed E-state index contributed by atoms with van der Waals surface area (Å²) >= 11 is 0. The van der Waals surface area contributed by atoms with Crippen LogP contribution in [0, 0.1) is 0 Å². The van der Waals surface area contributed by atoms with Crippen molar-refractivity contribution in [2.24, 2.45) is 0 Å². The molecule has 6 nitrogen and oxygen atoms in total. The zero-order valence-electron chi connectivity index (χ0n) is 13.4. The maximum absolute atomic E-state index is 12.4. The fourth-order valence-electron chi connectivity index (χ4n) is 2.96. The summed E-state index contributed by atoms with van der Waals surface area (Å²) in [6, 6.07) is 12.4. The Morgan fingerprint density at radius 1 is 0.960 bits per heavy atom.